The summed E-state index contributed by atoms with van der Waals surface area (Å²) < 4.78 is 6.06. The molecule has 0 bridgehead atoms. The Bertz CT molecular complexity index is 706. The predicted octanol–water partition coefficient (Wildman–Crippen LogP) is 10.9. The number of unbranched alkanes of at least 4 members (excludes halogenated alkanes) is 19. The van der Waals surface area contributed by atoms with Crippen molar-refractivity contribution in [2.75, 3.05) is 6.61 Å². The van der Waals surface area contributed by atoms with Gasteiger partial charge in [0.05, 0.1) is 6.61 Å². The van der Waals surface area contributed by atoms with Gasteiger partial charge in [-0.2, -0.15) is 0 Å². The van der Waals surface area contributed by atoms with Crippen molar-refractivity contribution in [3.63, 3.8) is 0 Å². The minimum absolute atomic E-state index is 0.840. The Hall–Kier alpha value is -1.83. The van der Waals surface area contributed by atoms with E-state index in [1.807, 2.05) is 6.79 Å². The molecule has 2 rings (SSSR count). The molecule has 0 spiro atoms. The number of carbonyl (C=O) groups is 1. The van der Waals surface area contributed by atoms with Gasteiger partial charge in [0.25, 0.3) is 0 Å². The molecule has 0 heterocycles. The van der Waals surface area contributed by atoms with Crippen molar-refractivity contribution >= 4 is 17.6 Å². The Balaban J connectivity index is 0.00000298. The average Bonchev–Trinajstić information content (AvgIpc) is 2.91. The van der Waals surface area contributed by atoms with Crippen LogP contribution in [0.4, 0.5) is 0 Å². The highest BCUT2D eigenvalue weighted by Crippen LogP contribution is 2.25. The van der Waals surface area contributed by atoms with Gasteiger partial charge in [-0.1, -0.05) is 165 Å². The average molecular weight is 483 g/mol. The molecule has 0 aromatic heterocycles. The van der Waals surface area contributed by atoms with Gasteiger partial charge in [0.15, 0.2) is 0 Å². The SMILES string of the molecule is C=O.CCCCCCCCCCCCCCCCCCCCCCOc1cccc2ccccc12. The van der Waals surface area contributed by atoms with E-state index < -0.39 is 0 Å². The molecule has 0 fully saturated rings. The topological polar surface area (TPSA) is 26.3 Å². The Kier molecular flexibility index (Phi) is 21.3. The van der Waals surface area contributed by atoms with E-state index in [-0.39, 0.29) is 0 Å². The number of ether oxygens (including phenoxy) is 1. The van der Waals surface area contributed by atoms with Gasteiger partial charge in [0.1, 0.15) is 12.5 Å². The smallest absolute Gasteiger partial charge is 0.127 e. The summed E-state index contributed by atoms with van der Waals surface area (Å²) in [6.45, 7) is 5.14. The molecular weight excluding hydrogens is 428 g/mol. The highest BCUT2D eigenvalue weighted by Gasteiger charge is 2.01. The molecule has 2 aromatic carbocycles. The van der Waals surface area contributed by atoms with Crippen LogP contribution in [0.15, 0.2) is 42.5 Å². The molecule has 2 aromatic rings. The number of fused-ring (bicyclic) bond motifs is 1. The van der Waals surface area contributed by atoms with Crippen LogP contribution in [-0.4, -0.2) is 13.4 Å². The quantitative estimate of drug-likeness (QED) is 0.156. The lowest BCUT2D eigenvalue weighted by Crippen LogP contribution is -1.97. The Morgan fingerprint density at radius 3 is 1.40 bits per heavy atom. The fourth-order valence-corrected chi connectivity index (χ4v) is 4.86. The van der Waals surface area contributed by atoms with E-state index in [0.29, 0.717) is 0 Å². The zero-order valence-corrected chi connectivity index (χ0v) is 22.9. The van der Waals surface area contributed by atoms with Crippen LogP contribution in [0.5, 0.6) is 5.75 Å². The summed E-state index contributed by atoms with van der Waals surface area (Å²) in [5.41, 5.74) is 0. The van der Waals surface area contributed by atoms with Crippen molar-refractivity contribution in [2.45, 2.75) is 135 Å². The maximum atomic E-state index is 8.00. The van der Waals surface area contributed by atoms with Crippen LogP contribution in [0.1, 0.15) is 135 Å². The highest BCUT2D eigenvalue weighted by molar-refractivity contribution is 5.88. The van der Waals surface area contributed by atoms with Crippen LogP contribution in [0.2, 0.25) is 0 Å². The molecule has 198 valence electrons. The van der Waals surface area contributed by atoms with E-state index in [4.69, 9.17) is 9.53 Å². The molecule has 0 aliphatic heterocycles. The van der Waals surface area contributed by atoms with Gasteiger partial charge in [0, 0.05) is 5.39 Å². The zero-order valence-electron chi connectivity index (χ0n) is 22.9. The first-order valence-corrected chi connectivity index (χ1v) is 14.8. The fraction of sp³-hybridized carbons (Fsp3) is 0.667. The number of benzene rings is 2. The normalized spacial score (nSPS) is 10.8. The Labute approximate surface area is 217 Å². The van der Waals surface area contributed by atoms with E-state index in [1.54, 1.807) is 0 Å². The fourth-order valence-electron chi connectivity index (χ4n) is 4.86. The van der Waals surface area contributed by atoms with Crippen molar-refractivity contribution in [3.8, 4) is 5.75 Å². The molecule has 0 atom stereocenters. The lowest BCUT2D eigenvalue weighted by Gasteiger charge is -2.09. The molecule has 0 radical (unpaired) electrons. The van der Waals surface area contributed by atoms with E-state index in [1.165, 1.54) is 139 Å². The third kappa shape index (κ3) is 16.5. The summed E-state index contributed by atoms with van der Waals surface area (Å²) in [6, 6.07) is 14.8. The van der Waals surface area contributed by atoms with Gasteiger partial charge in [-0.3, -0.25) is 0 Å². The minimum atomic E-state index is 0.840. The molecule has 0 saturated heterocycles. The van der Waals surface area contributed by atoms with Crippen LogP contribution >= 0.6 is 0 Å². The molecule has 0 amide bonds. The van der Waals surface area contributed by atoms with E-state index in [0.717, 1.165) is 12.4 Å². The zero-order chi connectivity index (χ0) is 25.2. The summed E-state index contributed by atoms with van der Waals surface area (Å²) in [5, 5.41) is 2.49. The molecule has 2 heteroatoms. The molecule has 0 N–H and O–H groups in total. The largest absolute Gasteiger partial charge is 0.493 e. The lowest BCUT2D eigenvalue weighted by atomic mass is 10.0. The Morgan fingerprint density at radius 1 is 0.514 bits per heavy atom. The molecule has 0 aliphatic rings. The first kappa shape index (κ1) is 31.2. The van der Waals surface area contributed by atoms with Crippen molar-refractivity contribution in [1.82, 2.24) is 0 Å². The van der Waals surface area contributed by atoms with E-state index in [9.17, 15) is 0 Å². The van der Waals surface area contributed by atoms with Gasteiger partial charge in [0.2, 0.25) is 0 Å². The second-order valence-electron chi connectivity index (χ2n) is 10.0. The van der Waals surface area contributed by atoms with Gasteiger partial charge >= 0.3 is 0 Å². The summed E-state index contributed by atoms with van der Waals surface area (Å²) in [4.78, 5) is 8.00. The number of rotatable bonds is 22. The first-order chi connectivity index (χ1) is 17.4. The van der Waals surface area contributed by atoms with Gasteiger partial charge in [-0.25, -0.2) is 0 Å². The number of hydrogen-bond acceptors (Lipinski definition) is 2. The highest BCUT2D eigenvalue weighted by atomic mass is 16.5. The predicted molar refractivity (Wildman–Crippen MR) is 155 cm³/mol. The molecular formula is C33H54O2. The van der Waals surface area contributed by atoms with Crippen molar-refractivity contribution in [3.05, 3.63) is 42.5 Å². The maximum absolute atomic E-state index is 8.00. The second kappa shape index (κ2) is 23.9. The maximum Gasteiger partial charge on any atom is 0.127 e. The van der Waals surface area contributed by atoms with Crippen LogP contribution in [0, 0.1) is 0 Å². The molecule has 0 saturated carbocycles. The van der Waals surface area contributed by atoms with Crippen molar-refractivity contribution < 1.29 is 9.53 Å². The summed E-state index contributed by atoms with van der Waals surface area (Å²) in [5.74, 6) is 1.03. The van der Waals surface area contributed by atoms with Crippen LogP contribution in [0.25, 0.3) is 10.8 Å². The summed E-state index contributed by atoms with van der Waals surface area (Å²) in [7, 11) is 0. The lowest BCUT2D eigenvalue weighted by molar-refractivity contribution is -0.0979. The number of hydrogen-bond donors (Lipinski definition) is 0. The third-order valence-electron chi connectivity index (χ3n) is 7.01. The van der Waals surface area contributed by atoms with Crippen molar-refractivity contribution in [2.24, 2.45) is 0 Å². The van der Waals surface area contributed by atoms with Crippen LogP contribution < -0.4 is 4.74 Å². The molecule has 0 aliphatic carbocycles. The third-order valence-corrected chi connectivity index (χ3v) is 7.01. The Morgan fingerprint density at radius 2 is 0.914 bits per heavy atom. The summed E-state index contributed by atoms with van der Waals surface area (Å²) >= 11 is 0. The molecule has 2 nitrogen and oxygen atoms in total. The van der Waals surface area contributed by atoms with Gasteiger partial charge < -0.3 is 9.53 Å². The van der Waals surface area contributed by atoms with E-state index >= 15 is 0 Å². The van der Waals surface area contributed by atoms with Crippen LogP contribution in [-0.2, 0) is 4.79 Å². The number of carbonyl (C=O) groups excluding carboxylic acids is 1. The van der Waals surface area contributed by atoms with Crippen LogP contribution in [0.3, 0.4) is 0 Å². The second-order valence-corrected chi connectivity index (χ2v) is 10.0. The van der Waals surface area contributed by atoms with Gasteiger partial charge in [-0.05, 0) is 17.9 Å². The first-order valence-electron chi connectivity index (χ1n) is 14.8. The van der Waals surface area contributed by atoms with Gasteiger partial charge in [-0.15, -0.1) is 0 Å². The monoisotopic (exact) mass is 482 g/mol. The molecule has 0 unspecified atom stereocenters. The van der Waals surface area contributed by atoms with Crippen molar-refractivity contribution in [1.29, 1.82) is 0 Å². The molecule has 35 heavy (non-hydrogen) atoms. The standard InChI is InChI=1S/C32H52O.CH2O/c1-2-3-4-5-6-7-8-9-10-11-12-13-14-15-16-17-18-19-20-23-29-33-32-28-24-26-30-25-21-22-27-31(30)32;1-2/h21-22,24-28H,2-20,23,29H2,1H3;1H2. The summed E-state index contributed by atoms with van der Waals surface area (Å²) in [6.07, 6.45) is 28.5. The minimum Gasteiger partial charge on any atom is -0.493 e. The van der Waals surface area contributed by atoms with E-state index in [2.05, 4.69) is 49.4 Å².